The normalized spacial score (nSPS) is 10.9. The summed E-state index contributed by atoms with van der Waals surface area (Å²) in [6.07, 6.45) is 0.352. The number of hydrogen-bond acceptors (Lipinski definition) is 4. The summed E-state index contributed by atoms with van der Waals surface area (Å²) >= 11 is 1.51. The van der Waals surface area contributed by atoms with Crippen molar-refractivity contribution in [1.29, 1.82) is 0 Å². The number of benzene rings is 1. The van der Waals surface area contributed by atoms with Crippen molar-refractivity contribution in [2.24, 2.45) is 0 Å². The van der Waals surface area contributed by atoms with Gasteiger partial charge in [-0.25, -0.2) is 14.4 Å². The topological polar surface area (TPSA) is 51.8 Å². The van der Waals surface area contributed by atoms with E-state index in [-0.39, 0.29) is 5.82 Å². The van der Waals surface area contributed by atoms with E-state index < -0.39 is 0 Å². The highest BCUT2D eigenvalue weighted by Gasteiger charge is 2.09. The smallest absolute Gasteiger partial charge is 0.136 e. The minimum Gasteiger partial charge on any atom is -0.383 e. The molecule has 18 heavy (non-hydrogen) atoms. The molecule has 3 aromatic rings. The number of aromatic nitrogens is 2. The summed E-state index contributed by atoms with van der Waals surface area (Å²) in [5, 5.41) is 2.78. The Morgan fingerprint density at radius 1 is 1.17 bits per heavy atom. The lowest BCUT2D eigenvalue weighted by atomic mass is 10.1. The predicted octanol–water partition coefficient (Wildman–Crippen LogP) is 3.00. The second-order valence-electron chi connectivity index (χ2n) is 3.93. The van der Waals surface area contributed by atoms with Gasteiger partial charge in [-0.3, -0.25) is 0 Å². The number of fused-ring (bicyclic) bond motifs is 1. The van der Waals surface area contributed by atoms with Crippen molar-refractivity contribution in [2.45, 2.75) is 6.42 Å². The molecule has 0 saturated heterocycles. The van der Waals surface area contributed by atoms with Crippen molar-refractivity contribution in [1.82, 2.24) is 9.97 Å². The van der Waals surface area contributed by atoms with Crippen LogP contribution in [0, 0.1) is 5.82 Å². The molecule has 0 saturated carbocycles. The van der Waals surface area contributed by atoms with Crippen LogP contribution in [0.4, 0.5) is 10.2 Å². The molecular formula is C13H10FN3S. The number of nitrogens with zero attached hydrogens (tertiary/aromatic N) is 2. The van der Waals surface area contributed by atoms with E-state index >= 15 is 0 Å². The highest BCUT2D eigenvalue weighted by Crippen LogP contribution is 2.23. The Morgan fingerprint density at radius 2 is 2.00 bits per heavy atom. The molecule has 90 valence electrons. The van der Waals surface area contributed by atoms with Crippen LogP contribution >= 0.6 is 11.3 Å². The van der Waals surface area contributed by atoms with Crippen LogP contribution in [0.2, 0.25) is 0 Å². The van der Waals surface area contributed by atoms with Crippen LogP contribution in [-0.2, 0) is 6.42 Å². The van der Waals surface area contributed by atoms with Gasteiger partial charge in [-0.1, -0.05) is 18.2 Å². The van der Waals surface area contributed by atoms with E-state index in [9.17, 15) is 4.39 Å². The van der Waals surface area contributed by atoms with Gasteiger partial charge >= 0.3 is 0 Å². The molecular weight excluding hydrogens is 249 g/mol. The van der Waals surface area contributed by atoms with E-state index in [4.69, 9.17) is 5.73 Å². The second-order valence-corrected chi connectivity index (χ2v) is 4.83. The van der Waals surface area contributed by atoms with Gasteiger partial charge in [-0.15, -0.1) is 11.3 Å². The van der Waals surface area contributed by atoms with Gasteiger partial charge < -0.3 is 5.73 Å². The predicted molar refractivity (Wildman–Crippen MR) is 71.0 cm³/mol. The highest BCUT2D eigenvalue weighted by molar-refractivity contribution is 7.16. The van der Waals surface area contributed by atoms with Crippen molar-refractivity contribution in [3.05, 3.63) is 52.9 Å². The number of rotatable bonds is 2. The van der Waals surface area contributed by atoms with Crippen LogP contribution in [0.1, 0.15) is 11.4 Å². The molecule has 0 aliphatic rings. The third-order valence-electron chi connectivity index (χ3n) is 2.71. The van der Waals surface area contributed by atoms with Crippen molar-refractivity contribution in [3.8, 4) is 0 Å². The van der Waals surface area contributed by atoms with Crippen LogP contribution < -0.4 is 5.73 Å². The van der Waals surface area contributed by atoms with Crippen molar-refractivity contribution in [3.63, 3.8) is 0 Å². The number of hydrogen-bond donors (Lipinski definition) is 1. The molecule has 2 aromatic heterocycles. The third kappa shape index (κ3) is 1.93. The maximum atomic E-state index is 13.5. The van der Waals surface area contributed by atoms with E-state index in [1.54, 1.807) is 18.2 Å². The molecule has 0 radical (unpaired) electrons. The monoisotopic (exact) mass is 259 g/mol. The Kier molecular flexibility index (Phi) is 2.68. The van der Waals surface area contributed by atoms with E-state index in [0.29, 0.717) is 23.6 Å². The number of thiophene rings is 1. The fraction of sp³-hybridized carbons (Fsp3) is 0.0769. The average Bonchev–Trinajstić information content (AvgIpc) is 2.81. The summed E-state index contributed by atoms with van der Waals surface area (Å²) in [4.78, 5) is 9.45. The number of anilines is 1. The Bertz CT molecular complexity index is 708. The largest absolute Gasteiger partial charge is 0.383 e. The Hall–Kier alpha value is -2.01. The van der Waals surface area contributed by atoms with Gasteiger partial charge in [0.1, 0.15) is 22.3 Å². The first-order valence-electron chi connectivity index (χ1n) is 5.47. The van der Waals surface area contributed by atoms with Gasteiger partial charge in [0.15, 0.2) is 0 Å². The van der Waals surface area contributed by atoms with Crippen LogP contribution in [0.3, 0.4) is 0 Å². The fourth-order valence-corrected chi connectivity index (χ4v) is 2.61. The summed E-state index contributed by atoms with van der Waals surface area (Å²) in [7, 11) is 0. The van der Waals surface area contributed by atoms with E-state index in [1.807, 2.05) is 11.4 Å². The van der Waals surface area contributed by atoms with E-state index in [1.165, 1.54) is 17.4 Å². The van der Waals surface area contributed by atoms with Crippen molar-refractivity contribution in [2.75, 3.05) is 5.73 Å². The highest BCUT2D eigenvalue weighted by atomic mass is 32.1. The second kappa shape index (κ2) is 4.34. The summed E-state index contributed by atoms with van der Waals surface area (Å²) < 4.78 is 13.5. The molecule has 3 nitrogen and oxygen atoms in total. The molecule has 0 bridgehead atoms. The van der Waals surface area contributed by atoms with Crippen LogP contribution in [0.5, 0.6) is 0 Å². The van der Waals surface area contributed by atoms with Crippen molar-refractivity contribution < 1.29 is 4.39 Å². The molecule has 5 heteroatoms. The summed E-state index contributed by atoms with van der Waals surface area (Å²) in [5.74, 6) is 0.756. The number of halogens is 1. The van der Waals surface area contributed by atoms with Gasteiger partial charge in [0.05, 0.1) is 5.39 Å². The summed E-state index contributed by atoms with van der Waals surface area (Å²) in [5.41, 5.74) is 6.43. The van der Waals surface area contributed by atoms with Gasteiger partial charge in [0, 0.05) is 6.42 Å². The standard InChI is InChI=1S/C13H10FN3S/c14-10-4-2-1-3-8(10)7-11-16-12(15)9-5-6-18-13(9)17-11/h1-6H,7H2,(H2,15,16,17). The summed E-state index contributed by atoms with van der Waals surface area (Å²) in [6, 6.07) is 8.51. The van der Waals surface area contributed by atoms with E-state index in [0.717, 1.165) is 10.2 Å². The zero-order valence-corrected chi connectivity index (χ0v) is 10.2. The molecule has 0 aliphatic heterocycles. The van der Waals surface area contributed by atoms with Crippen molar-refractivity contribution >= 4 is 27.4 Å². The van der Waals surface area contributed by atoms with E-state index in [2.05, 4.69) is 9.97 Å². The van der Waals surface area contributed by atoms with Gasteiger partial charge in [-0.2, -0.15) is 0 Å². The fourth-order valence-electron chi connectivity index (χ4n) is 1.82. The maximum Gasteiger partial charge on any atom is 0.136 e. The Balaban J connectivity index is 2.02. The molecule has 2 heterocycles. The number of nitrogen functional groups attached to an aromatic ring is 1. The maximum absolute atomic E-state index is 13.5. The zero-order chi connectivity index (χ0) is 12.5. The molecule has 3 rings (SSSR count). The molecule has 0 amide bonds. The van der Waals surface area contributed by atoms with Gasteiger partial charge in [-0.05, 0) is 23.1 Å². The zero-order valence-electron chi connectivity index (χ0n) is 9.43. The first kappa shape index (κ1) is 11.1. The quantitative estimate of drug-likeness (QED) is 0.769. The lowest BCUT2D eigenvalue weighted by Crippen LogP contribution is -2.01. The average molecular weight is 259 g/mol. The SMILES string of the molecule is Nc1nc(Cc2ccccc2F)nc2sccc12. The minimum atomic E-state index is -0.244. The molecule has 0 unspecified atom stereocenters. The molecule has 0 atom stereocenters. The van der Waals surface area contributed by atoms with Crippen LogP contribution in [0.25, 0.3) is 10.2 Å². The number of nitrogens with two attached hydrogens (primary N) is 1. The third-order valence-corrected chi connectivity index (χ3v) is 3.51. The van der Waals surface area contributed by atoms with Crippen LogP contribution in [0.15, 0.2) is 35.7 Å². The van der Waals surface area contributed by atoms with Gasteiger partial charge in [0.25, 0.3) is 0 Å². The molecule has 2 N–H and O–H groups in total. The van der Waals surface area contributed by atoms with Gasteiger partial charge in [0.2, 0.25) is 0 Å². The first-order valence-corrected chi connectivity index (χ1v) is 6.35. The Morgan fingerprint density at radius 3 is 2.83 bits per heavy atom. The lowest BCUT2D eigenvalue weighted by Gasteiger charge is -2.03. The lowest BCUT2D eigenvalue weighted by molar-refractivity contribution is 0.612. The first-order chi connectivity index (χ1) is 8.74. The molecule has 0 aliphatic carbocycles. The molecule has 0 spiro atoms. The molecule has 0 fully saturated rings. The minimum absolute atomic E-state index is 0.244. The summed E-state index contributed by atoms with van der Waals surface area (Å²) in [6.45, 7) is 0. The van der Waals surface area contributed by atoms with Crippen LogP contribution in [-0.4, -0.2) is 9.97 Å². The molecule has 1 aromatic carbocycles. The Labute approximate surface area is 107 Å².